The number of carbonyl (C=O) groups excluding carboxylic acids is 1. The molecule has 0 aliphatic heterocycles. The topological polar surface area (TPSA) is 75.3 Å². The number of nitrogens with one attached hydrogen (secondary N) is 1. The van der Waals surface area contributed by atoms with Gasteiger partial charge in [-0.25, -0.2) is 8.78 Å². The summed E-state index contributed by atoms with van der Waals surface area (Å²) in [5.41, 5.74) is 4.32. The molecule has 0 radical (unpaired) electrons. The lowest BCUT2D eigenvalue weighted by Crippen LogP contribution is -2.37. The molecule has 1 rings (SSSR count). The largest absolute Gasteiger partial charge is 0.396 e. The summed E-state index contributed by atoms with van der Waals surface area (Å²) in [7, 11) is 0. The van der Waals surface area contributed by atoms with Crippen LogP contribution >= 0.6 is 0 Å². The molecule has 0 heterocycles. The van der Waals surface area contributed by atoms with Gasteiger partial charge >= 0.3 is 0 Å². The third-order valence-electron chi connectivity index (χ3n) is 2.36. The van der Waals surface area contributed by atoms with Crippen molar-refractivity contribution < 1.29 is 18.7 Å². The number of anilines is 1. The van der Waals surface area contributed by atoms with Gasteiger partial charge in [0.2, 0.25) is 0 Å². The molecule has 17 heavy (non-hydrogen) atoms. The van der Waals surface area contributed by atoms with Gasteiger partial charge in [0.25, 0.3) is 5.91 Å². The van der Waals surface area contributed by atoms with Crippen molar-refractivity contribution in [1.29, 1.82) is 0 Å². The highest BCUT2D eigenvalue weighted by Crippen LogP contribution is 2.17. The Bertz CT molecular complexity index is 420. The van der Waals surface area contributed by atoms with Crippen molar-refractivity contribution in [3.05, 3.63) is 29.3 Å². The van der Waals surface area contributed by atoms with Crippen LogP contribution in [0.25, 0.3) is 0 Å². The number of nitrogen functional groups attached to an aromatic ring is 1. The zero-order valence-corrected chi connectivity index (χ0v) is 9.34. The lowest BCUT2D eigenvalue weighted by atomic mass is 10.1. The summed E-state index contributed by atoms with van der Waals surface area (Å²) in [6, 6.07) is 1.08. The highest BCUT2D eigenvalue weighted by molar-refractivity contribution is 5.95. The number of hydrogen-bond donors (Lipinski definition) is 3. The van der Waals surface area contributed by atoms with E-state index in [-0.39, 0.29) is 6.61 Å². The molecule has 94 valence electrons. The predicted octanol–water partition coefficient (Wildman–Crippen LogP) is 1.05. The van der Waals surface area contributed by atoms with E-state index < -0.39 is 34.8 Å². The van der Waals surface area contributed by atoms with Crippen LogP contribution in [-0.2, 0) is 0 Å². The summed E-state index contributed by atoms with van der Waals surface area (Å²) < 4.78 is 26.5. The van der Waals surface area contributed by atoms with Crippen molar-refractivity contribution in [2.24, 2.45) is 0 Å². The Morgan fingerprint density at radius 2 is 2.18 bits per heavy atom. The molecule has 4 nitrogen and oxygen atoms in total. The molecule has 0 aromatic heterocycles. The Labute approximate surface area is 97.4 Å². The molecule has 1 unspecified atom stereocenters. The molecule has 0 aliphatic carbocycles. The van der Waals surface area contributed by atoms with Crippen LogP contribution in [-0.4, -0.2) is 23.7 Å². The quantitative estimate of drug-likeness (QED) is 0.693. The highest BCUT2D eigenvalue weighted by atomic mass is 19.1. The van der Waals surface area contributed by atoms with Gasteiger partial charge < -0.3 is 16.2 Å². The fourth-order valence-corrected chi connectivity index (χ4v) is 1.32. The molecule has 4 N–H and O–H groups in total. The zero-order chi connectivity index (χ0) is 13.0. The number of nitrogens with two attached hydrogens (primary N) is 1. The molecule has 1 aromatic rings. The molecule has 1 aromatic carbocycles. The van der Waals surface area contributed by atoms with Crippen molar-refractivity contribution in [3.63, 3.8) is 0 Å². The molecule has 0 saturated carbocycles. The maximum atomic E-state index is 13.5. The van der Waals surface area contributed by atoms with Crippen LogP contribution in [0, 0.1) is 11.6 Å². The van der Waals surface area contributed by atoms with Crippen LogP contribution in [0.2, 0.25) is 0 Å². The predicted molar refractivity (Wildman–Crippen MR) is 59.4 cm³/mol. The second-order valence-electron chi connectivity index (χ2n) is 3.62. The third-order valence-corrected chi connectivity index (χ3v) is 2.36. The lowest BCUT2D eigenvalue weighted by Gasteiger charge is -2.14. The highest BCUT2D eigenvalue weighted by Gasteiger charge is 2.18. The first-order valence-electron chi connectivity index (χ1n) is 5.15. The van der Waals surface area contributed by atoms with Gasteiger partial charge in [-0.3, -0.25) is 4.79 Å². The summed E-state index contributed by atoms with van der Waals surface area (Å²) in [4.78, 5) is 11.6. The maximum absolute atomic E-state index is 13.5. The van der Waals surface area contributed by atoms with Crippen LogP contribution in [0.15, 0.2) is 12.1 Å². The smallest absolute Gasteiger partial charge is 0.254 e. The van der Waals surface area contributed by atoms with Gasteiger partial charge in [0.15, 0.2) is 5.82 Å². The van der Waals surface area contributed by atoms with Crippen LogP contribution in [0.3, 0.4) is 0 Å². The number of aliphatic hydroxyl groups is 1. The number of halogens is 2. The maximum Gasteiger partial charge on any atom is 0.254 e. The van der Waals surface area contributed by atoms with Gasteiger partial charge in [0, 0.05) is 0 Å². The molecule has 1 atom stereocenters. The minimum atomic E-state index is -0.961. The third kappa shape index (κ3) is 3.13. The monoisotopic (exact) mass is 244 g/mol. The van der Waals surface area contributed by atoms with E-state index >= 15 is 0 Å². The zero-order valence-electron chi connectivity index (χ0n) is 9.34. The fraction of sp³-hybridized carbons (Fsp3) is 0.364. The van der Waals surface area contributed by atoms with Gasteiger partial charge in [-0.05, 0) is 18.6 Å². The van der Waals surface area contributed by atoms with E-state index in [0.717, 1.165) is 12.1 Å². The van der Waals surface area contributed by atoms with Gasteiger partial charge in [0.05, 0.1) is 23.9 Å². The summed E-state index contributed by atoms with van der Waals surface area (Å²) in [6.07, 6.45) is 0.481. The molecule has 0 spiro atoms. The van der Waals surface area contributed by atoms with Gasteiger partial charge in [-0.1, -0.05) is 6.92 Å². The second kappa shape index (κ2) is 5.58. The molecule has 6 heteroatoms. The average molecular weight is 244 g/mol. The average Bonchev–Trinajstić information content (AvgIpc) is 2.30. The molecule has 0 aliphatic rings. The van der Waals surface area contributed by atoms with Crippen LogP contribution in [0.5, 0.6) is 0 Å². The lowest BCUT2D eigenvalue weighted by molar-refractivity contribution is 0.0910. The Morgan fingerprint density at radius 3 is 2.71 bits per heavy atom. The SMILES string of the molecule is CCC(CO)NC(=O)c1cc(F)cc(N)c1F. The minimum absolute atomic E-state index is 0.269. The van der Waals surface area contributed by atoms with E-state index in [9.17, 15) is 13.6 Å². The van der Waals surface area contributed by atoms with Crippen molar-refractivity contribution in [1.82, 2.24) is 5.32 Å². The Balaban J connectivity index is 2.96. The molecular weight excluding hydrogens is 230 g/mol. The molecule has 0 saturated heterocycles. The van der Waals surface area contributed by atoms with Gasteiger partial charge in [0.1, 0.15) is 5.82 Å². The number of hydrogen-bond acceptors (Lipinski definition) is 3. The number of carbonyl (C=O) groups is 1. The Hall–Kier alpha value is -1.69. The van der Waals surface area contributed by atoms with E-state index in [2.05, 4.69) is 5.32 Å². The fourth-order valence-electron chi connectivity index (χ4n) is 1.32. The van der Waals surface area contributed by atoms with E-state index in [1.807, 2.05) is 0 Å². The van der Waals surface area contributed by atoms with Crippen molar-refractivity contribution in [3.8, 4) is 0 Å². The number of aliphatic hydroxyl groups excluding tert-OH is 1. The minimum Gasteiger partial charge on any atom is -0.396 e. The number of benzene rings is 1. The van der Waals surface area contributed by atoms with Crippen molar-refractivity contribution >= 4 is 11.6 Å². The van der Waals surface area contributed by atoms with E-state index in [1.165, 1.54) is 0 Å². The molecule has 0 fully saturated rings. The summed E-state index contributed by atoms with van der Waals surface area (Å²) in [6.45, 7) is 1.48. The Kier molecular flexibility index (Phi) is 4.39. The second-order valence-corrected chi connectivity index (χ2v) is 3.62. The van der Waals surface area contributed by atoms with Crippen molar-refractivity contribution in [2.45, 2.75) is 19.4 Å². The van der Waals surface area contributed by atoms with Crippen molar-refractivity contribution in [2.75, 3.05) is 12.3 Å². The van der Waals surface area contributed by atoms with E-state index in [1.54, 1.807) is 6.92 Å². The molecular formula is C11H14F2N2O2. The summed E-state index contributed by atoms with van der Waals surface area (Å²) in [5.74, 6) is -2.54. The number of amides is 1. The first-order valence-corrected chi connectivity index (χ1v) is 5.15. The standard InChI is InChI=1S/C11H14F2N2O2/c1-2-7(5-16)15-11(17)8-3-6(12)4-9(14)10(8)13/h3-4,7,16H,2,5,14H2,1H3,(H,15,17). The van der Waals surface area contributed by atoms with Gasteiger partial charge in [-0.15, -0.1) is 0 Å². The van der Waals surface area contributed by atoms with Crippen LogP contribution in [0.1, 0.15) is 23.7 Å². The number of rotatable bonds is 4. The van der Waals surface area contributed by atoms with Gasteiger partial charge in [-0.2, -0.15) is 0 Å². The normalized spacial score (nSPS) is 12.2. The summed E-state index contributed by atoms with van der Waals surface area (Å²) >= 11 is 0. The Morgan fingerprint density at radius 1 is 1.53 bits per heavy atom. The summed E-state index contributed by atoms with van der Waals surface area (Å²) in [5, 5.41) is 11.3. The first kappa shape index (κ1) is 13.4. The molecule has 1 amide bonds. The van der Waals surface area contributed by atoms with Crippen LogP contribution in [0.4, 0.5) is 14.5 Å². The van der Waals surface area contributed by atoms with Crippen LogP contribution < -0.4 is 11.1 Å². The van der Waals surface area contributed by atoms with E-state index in [0.29, 0.717) is 6.42 Å². The van der Waals surface area contributed by atoms with E-state index in [4.69, 9.17) is 10.8 Å². The first-order chi connectivity index (χ1) is 7.99. The molecule has 0 bridgehead atoms.